The van der Waals surface area contributed by atoms with Crippen LogP contribution in [0, 0.1) is 5.82 Å². The number of hydrogen-bond donors (Lipinski definition) is 1. The molecule has 27 heavy (non-hydrogen) atoms. The molecular weight excluding hydrogens is 341 g/mol. The van der Waals surface area contributed by atoms with E-state index < -0.39 is 11.7 Å². The molecule has 5 heteroatoms. The van der Waals surface area contributed by atoms with Crippen LogP contribution < -0.4 is 0 Å². The standard InChI is InChI=1S/C22H16FN3O/c23-21-17(7-4-8-18(21)22(27)16-5-2-1-3-6-16)20(19-13-25-14-26-19)15-9-11-24-12-10-15/h1-14,20H,(H,25,26). The number of imidazole rings is 1. The van der Waals surface area contributed by atoms with Gasteiger partial charge in [-0.15, -0.1) is 0 Å². The first-order chi connectivity index (χ1) is 13.3. The third-order valence-electron chi connectivity index (χ3n) is 4.47. The summed E-state index contributed by atoms with van der Waals surface area (Å²) in [5, 5.41) is 0. The Bertz CT molecular complexity index is 1050. The smallest absolute Gasteiger partial charge is 0.195 e. The van der Waals surface area contributed by atoms with E-state index >= 15 is 4.39 Å². The summed E-state index contributed by atoms with van der Waals surface area (Å²) in [6.45, 7) is 0. The third-order valence-corrected chi connectivity index (χ3v) is 4.47. The zero-order valence-corrected chi connectivity index (χ0v) is 14.3. The molecular formula is C22H16FN3O. The maximum Gasteiger partial charge on any atom is 0.195 e. The van der Waals surface area contributed by atoms with Crippen molar-refractivity contribution >= 4 is 5.78 Å². The number of aromatic amines is 1. The summed E-state index contributed by atoms with van der Waals surface area (Å²) in [6, 6.07) is 17.3. The van der Waals surface area contributed by atoms with Gasteiger partial charge in [0.2, 0.25) is 0 Å². The van der Waals surface area contributed by atoms with Crippen LogP contribution in [0.25, 0.3) is 0 Å². The molecule has 1 unspecified atom stereocenters. The number of aromatic nitrogens is 3. The number of hydrogen-bond acceptors (Lipinski definition) is 3. The Kier molecular flexibility index (Phi) is 4.58. The van der Waals surface area contributed by atoms with E-state index in [4.69, 9.17) is 0 Å². The number of nitrogens with one attached hydrogen (secondary N) is 1. The zero-order chi connectivity index (χ0) is 18.6. The highest BCUT2D eigenvalue weighted by atomic mass is 19.1. The quantitative estimate of drug-likeness (QED) is 0.540. The summed E-state index contributed by atoms with van der Waals surface area (Å²) in [4.78, 5) is 24.1. The molecule has 0 aliphatic carbocycles. The minimum absolute atomic E-state index is 0.0493. The van der Waals surface area contributed by atoms with Crippen molar-refractivity contribution < 1.29 is 9.18 Å². The number of carbonyl (C=O) groups is 1. The van der Waals surface area contributed by atoms with Gasteiger partial charge in [0.1, 0.15) is 5.82 Å². The Hall–Kier alpha value is -3.60. The van der Waals surface area contributed by atoms with E-state index in [0.717, 1.165) is 5.56 Å². The lowest BCUT2D eigenvalue weighted by Gasteiger charge is -2.18. The first kappa shape index (κ1) is 16.8. The topological polar surface area (TPSA) is 58.6 Å². The van der Waals surface area contributed by atoms with Gasteiger partial charge in [-0.1, -0.05) is 42.5 Å². The van der Waals surface area contributed by atoms with Gasteiger partial charge in [-0.05, 0) is 23.8 Å². The first-order valence-electron chi connectivity index (χ1n) is 8.52. The lowest BCUT2D eigenvalue weighted by molar-refractivity contribution is 0.103. The number of ketones is 1. The SMILES string of the molecule is O=C(c1ccccc1)c1cccc(C(c2ccncc2)c2c[nH]cn2)c1F. The molecule has 132 valence electrons. The number of benzene rings is 2. The van der Waals surface area contributed by atoms with Crippen LogP contribution in [-0.4, -0.2) is 20.7 Å². The normalized spacial score (nSPS) is 11.9. The van der Waals surface area contributed by atoms with Gasteiger partial charge in [0.15, 0.2) is 5.78 Å². The molecule has 2 aromatic carbocycles. The number of carbonyl (C=O) groups excluding carboxylic acids is 1. The van der Waals surface area contributed by atoms with Gasteiger partial charge in [-0.25, -0.2) is 9.37 Å². The fourth-order valence-corrected chi connectivity index (χ4v) is 3.19. The van der Waals surface area contributed by atoms with Crippen LogP contribution in [0.3, 0.4) is 0 Å². The first-order valence-corrected chi connectivity index (χ1v) is 8.52. The van der Waals surface area contributed by atoms with Crippen LogP contribution in [0.1, 0.15) is 38.7 Å². The summed E-state index contributed by atoms with van der Waals surface area (Å²) in [6.07, 6.45) is 6.61. The molecule has 0 amide bonds. The fourth-order valence-electron chi connectivity index (χ4n) is 3.19. The van der Waals surface area contributed by atoms with Gasteiger partial charge in [-0.2, -0.15) is 0 Å². The van der Waals surface area contributed by atoms with E-state index in [2.05, 4.69) is 15.0 Å². The average Bonchev–Trinajstić information content (AvgIpc) is 3.25. The molecule has 4 nitrogen and oxygen atoms in total. The molecule has 0 aliphatic rings. The number of halogens is 1. The Morgan fingerprint density at radius 3 is 2.44 bits per heavy atom. The molecule has 2 aromatic heterocycles. The van der Waals surface area contributed by atoms with Crippen LogP contribution in [0.4, 0.5) is 4.39 Å². The van der Waals surface area contributed by atoms with Crippen LogP contribution in [0.2, 0.25) is 0 Å². The van der Waals surface area contributed by atoms with E-state index in [1.54, 1.807) is 61.3 Å². The van der Waals surface area contributed by atoms with Crippen molar-refractivity contribution in [1.29, 1.82) is 0 Å². The van der Waals surface area contributed by atoms with E-state index in [1.165, 1.54) is 6.07 Å². The zero-order valence-electron chi connectivity index (χ0n) is 14.3. The second kappa shape index (κ2) is 7.33. The summed E-state index contributed by atoms with van der Waals surface area (Å²) in [7, 11) is 0. The van der Waals surface area contributed by atoms with Gasteiger partial charge in [0, 0.05) is 29.7 Å². The summed E-state index contributed by atoms with van der Waals surface area (Å²) in [5.74, 6) is -1.32. The average molecular weight is 357 g/mol. The number of rotatable bonds is 5. The van der Waals surface area contributed by atoms with E-state index in [0.29, 0.717) is 16.8 Å². The molecule has 0 saturated carbocycles. The summed E-state index contributed by atoms with van der Waals surface area (Å²) >= 11 is 0. The van der Waals surface area contributed by atoms with Crippen molar-refractivity contribution in [3.05, 3.63) is 119 Å². The molecule has 0 aliphatic heterocycles. The van der Waals surface area contributed by atoms with Crippen LogP contribution >= 0.6 is 0 Å². The largest absolute Gasteiger partial charge is 0.351 e. The molecule has 1 N–H and O–H groups in total. The Morgan fingerprint density at radius 2 is 1.74 bits per heavy atom. The van der Waals surface area contributed by atoms with Crippen molar-refractivity contribution in [1.82, 2.24) is 15.0 Å². The van der Waals surface area contributed by atoms with Crippen molar-refractivity contribution in [2.45, 2.75) is 5.92 Å². The molecule has 0 spiro atoms. The van der Waals surface area contributed by atoms with Gasteiger partial charge in [0.25, 0.3) is 0 Å². The highest BCUT2D eigenvalue weighted by Gasteiger charge is 2.25. The van der Waals surface area contributed by atoms with Crippen molar-refractivity contribution in [2.24, 2.45) is 0 Å². The van der Waals surface area contributed by atoms with Gasteiger partial charge in [0.05, 0.1) is 23.5 Å². The minimum Gasteiger partial charge on any atom is -0.351 e. The summed E-state index contributed by atoms with van der Waals surface area (Å²) in [5.41, 5.74) is 2.42. The van der Waals surface area contributed by atoms with Gasteiger partial charge >= 0.3 is 0 Å². The van der Waals surface area contributed by atoms with Crippen LogP contribution in [0.15, 0.2) is 85.6 Å². The van der Waals surface area contributed by atoms with Gasteiger partial charge < -0.3 is 4.98 Å². The maximum absolute atomic E-state index is 15.5. The van der Waals surface area contributed by atoms with E-state index in [-0.39, 0.29) is 11.3 Å². The molecule has 0 fully saturated rings. The predicted molar refractivity (Wildman–Crippen MR) is 100 cm³/mol. The number of H-pyrrole nitrogens is 1. The van der Waals surface area contributed by atoms with Crippen molar-refractivity contribution in [3.63, 3.8) is 0 Å². The predicted octanol–water partition coefficient (Wildman–Crippen LogP) is 4.36. The molecule has 4 rings (SSSR count). The molecule has 1 atom stereocenters. The highest BCUT2D eigenvalue weighted by Crippen LogP contribution is 2.33. The lowest BCUT2D eigenvalue weighted by atomic mass is 9.87. The Balaban J connectivity index is 1.84. The maximum atomic E-state index is 15.5. The lowest BCUT2D eigenvalue weighted by Crippen LogP contribution is -2.11. The summed E-state index contributed by atoms with van der Waals surface area (Å²) < 4.78 is 15.5. The highest BCUT2D eigenvalue weighted by molar-refractivity contribution is 6.09. The van der Waals surface area contributed by atoms with Crippen molar-refractivity contribution in [2.75, 3.05) is 0 Å². The molecule has 2 heterocycles. The molecule has 0 bridgehead atoms. The molecule has 0 radical (unpaired) electrons. The fraction of sp³-hybridized carbons (Fsp3) is 0.0455. The van der Waals surface area contributed by atoms with Gasteiger partial charge in [-0.3, -0.25) is 9.78 Å². The number of pyridine rings is 1. The molecule has 0 saturated heterocycles. The minimum atomic E-state index is -0.531. The van der Waals surface area contributed by atoms with E-state index in [9.17, 15) is 4.79 Å². The second-order valence-electron chi connectivity index (χ2n) is 6.11. The molecule has 4 aromatic rings. The third kappa shape index (κ3) is 3.27. The van der Waals surface area contributed by atoms with Crippen LogP contribution in [-0.2, 0) is 0 Å². The number of nitrogens with zero attached hydrogens (tertiary/aromatic N) is 2. The Labute approximate surface area is 155 Å². The second-order valence-corrected chi connectivity index (χ2v) is 6.11. The van der Waals surface area contributed by atoms with E-state index in [1.807, 2.05) is 18.2 Å². The monoisotopic (exact) mass is 357 g/mol. The van der Waals surface area contributed by atoms with Crippen molar-refractivity contribution in [3.8, 4) is 0 Å². The van der Waals surface area contributed by atoms with Crippen LogP contribution in [0.5, 0.6) is 0 Å². The Morgan fingerprint density at radius 1 is 0.963 bits per heavy atom.